The average Bonchev–Trinajstić information content (AvgIpc) is 2.25. The van der Waals surface area contributed by atoms with Crippen molar-refractivity contribution >= 4 is 29.0 Å². The van der Waals surface area contributed by atoms with Crippen LogP contribution in [0.2, 0.25) is 0 Å². The van der Waals surface area contributed by atoms with Crippen LogP contribution in [-0.2, 0) is 9.59 Å². The third-order valence-corrected chi connectivity index (χ3v) is 2.73. The first-order valence-electron chi connectivity index (χ1n) is 6.23. The number of hydrogen-bond donors (Lipinski definition) is 3. The van der Waals surface area contributed by atoms with Crippen LogP contribution in [0.1, 0.15) is 33.6 Å². The topological polar surface area (TPSA) is 84.2 Å². The lowest BCUT2D eigenvalue weighted by Gasteiger charge is -2.18. The highest BCUT2D eigenvalue weighted by Crippen LogP contribution is 2.11. The predicted molar refractivity (Wildman–Crippen MR) is 76.0 cm³/mol. The van der Waals surface area contributed by atoms with Crippen LogP contribution in [0.15, 0.2) is 0 Å². The lowest BCUT2D eigenvalue weighted by Crippen LogP contribution is -2.42. The smallest absolute Gasteiger partial charge is 0.230 e. The molecule has 0 aliphatic heterocycles. The number of carbonyl (C=O) groups excluding carboxylic acids is 2. The van der Waals surface area contributed by atoms with Crippen LogP contribution >= 0.6 is 12.2 Å². The summed E-state index contributed by atoms with van der Waals surface area (Å²) < 4.78 is 0. The van der Waals surface area contributed by atoms with Crippen molar-refractivity contribution in [1.29, 1.82) is 0 Å². The fraction of sp³-hybridized carbons (Fsp3) is 0.750. The van der Waals surface area contributed by atoms with E-state index >= 15 is 0 Å². The molecule has 0 aromatic rings. The molecule has 0 heterocycles. The predicted octanol–water partition coefficient (Wildman–Crippen LogP) is 0.577. The molecule has 5 nitrogen and oxygen atoms in total. The minimum absolute atomic E-state index is 0.0522. The molecule has 0 fully saturated rings. The second-order valence-corrected chi connectivity index (χ2v) is 4.99. The lowest BCUT2D eigenvalue weighted by atomic mass is 9.95. The Morgan fingerprint density at radius 3 is 2.28 bits per heavy atom. The number of nitrogens with one attached hydrogen (secondary N) is 2. The van der Waals surface area contributed by atoms with E-state index in [1.54, 1.807) is 0 Å². The van der Waals surface area contributed by atoms with Gasteiger partial charge in [0.1, 0.15) is 0 Å². The van der Waals surface area contributed by atoms with Gasteiger partial charge in [0.05, 0.1) is 10.9 Å². The van der Waals surface area contributed by atoms with Crippen molar-refractivity contribution in [2.24, 2.45) is 17.6 Å². The standard InChI is InChI=1S/C12H23N3O2S/c1-4-6-14-9(16)5-7-15-12(17)10(8(2)3)11(13)18/h8,10H,4-7H2,1-3H3,(H2,13,18)(H,14,16)(H,15,17). The molecule has 0 aromatic carbocycles. The molecule has 0 radical (unpaired) electrons. The largest absolute Gasteiger partial charge is 0.393 e. The average molecular weight is 273 g/mol. The number of thiocarbonyl (C=S) groups is 1. The zero-order chi connectivity index (χ0) is 14.1. The Kier molecular flexibility index (Phi) is 8.28. The summed E-state index contributed by atoms with van der Waals surface area (Å²) in [6.45, 7) is 6.72. The molecule has 0 aliphatic carbocycles. The summed E-state index contributed by atoms with van der Waals surface area (Å²) >= 11 is 4.87. The SMILES string of the molecule is CCCNC(=O)CCNC(=O)C(C(N)=S)C(C)C. The Hall–Kier alpha value is -1.17. The third kappa shape index (κ3) is 6.54. The van der Waals surface area contributed by atoms with E-state index in [2.05, 4.69) is 10.6 Å². The first-order valence-corrected chi connectivity index (χ1v) is 6.64. The first-order chi connectivity index (χ1) is 8.40. The van der Waals surface area contributed by atoms with Crippen molar-refractivity contribution < 1.29 is 9.59 Å². The van der Waals surface area contributed by atoms with E-state index in [1.165, 1.54) is 0 Å². The van der Waals surface area contributed by atoms with Crippen LogP contribution < -0.4 is 16.4 Å². The molecule has 0 rings (SSSR count). The Balaban J connectivity index is 4.02. The summed E-state index contributed by atoms with van der Waals surface area (Å²) in [7, 11) is 0. The molecule has 6 heteroatoms. The van der Waals surface area contributed by atoms with Gasteiger partial charge in [-0.05, 0) is 12.3 Å². The van der Waals surface area contributed by atoms with Gasteiger partial charge in [-0.1, -0.05) is 33.0 Å². The monoisotopic (exact) mass is 273 g/mol. The molecule has 0 saturated carbocycles. The molecule has 1 atom stereocenters. The molecule has 104 valence electrons. The summed E-state index contributed by atoms with van der Waals surface area (Å²) in [6, 6.07) is 0. The summed E-state index contributed by atoms with van der Waals surface area (Å²) in [5.41, 5.74) is 5.53. The minimum Gasteiger partial charge on any atom is -0.393 e. The van der Waals surface area contributed by atoms with Crippen LogP contribution in [-0.4, -0.2) is 29.9 Å². The van der Waals surface area contributed by atoms with Gasteiger partial charge in [0.15, 0.2) is 0 Å². The number of nitrogens with two attached hydrogens (primary N) is 1. The minimum atomic E-state index is -0.473. The van der Waals surface area contributed by atoms with E-state index in [9.17, 15) is 9.59 Å². The fourth-order valence-corrected chi connectivity index (χ4v) is 1.90. The van der Waals surface area contributed by atoms with Crippen LogP contribution in [0, 0.1) is 11.8 Å². The molecule has 2 amide bonds. The van der Waals surface area contributed by atoms with Crippen LogP contribution in [0.4, 0.5) is 0 Å². The normalized spacial score (nSPS) is 12.0. The first kappa shape index (κ1) is 16.8. The summed E-state index contributed by atoms with van der Waals surface area (Å²) in [5, 5.41) is 5.43. The molecular formula is C12H23N3O2S. The van der Waals surface area contributed by atoms with Crippen LogP contribution in [0.25, 0.3) is 0 Å². The lowest BCUT2D eigenvalue weighted by molar-refractivity contribution is -0.124. The number of rotatable bonds is 8. The summed E-state index contributed by atoms with van der Waals surface area (Å²) in [5.74, 6) is -0.690. The van der Waals surface area contributed by atoms with Gasteiger partial charge in [0.25, 0.3) is 0 Å². The zero-order valence-electron chi connectivity index (χ0n) is 11.3. The van der Waals surface area contributed by atoms with Gasteiger partial charge in [-0.25, -0.2) is 0 Å². The van der Waals surface area contributed by atoms with E-state index in [0.717, 1.165) is 6.42 Å². The van der Waals surface area contributed by atoms with E-state index in [1.807, 2.05) is 20.8 Å². The highest BCUT2D eigenvalue weighted by Gasteiger charge is 2.24. The van der Waals surface area contributed by atoms with E-state index in [0.29, 0.717) is 13.1 Å². The second kappa shape index (κ2) is 8.85. The van der Waals surface area contributed by atoms with Gasteiger partial charge in [0, 0.05) is 19.5 Å². The highest BCUT2D eigenvalue weighted by atomic mass is 32.1. The molecule has 0 spiro atoms. The quantitative estimate of drug-likeness (QED) is 0.565. The second-order valence-electron chi connectivity index (χ2n) is 4.52. The van der Waals surface area contributed by atoms with Crippen molar-refractivity contribution in [2.45, 2.75) is 33.6 Å². The van der Waals surface area contributed by atoms with E-state index in [4.69, 9.17) is 18.0 Å². The number of hydrogen-bond acceptors (Lipinski definition) is 3. The molecule has 0 saturated heterocycles. The fourth-order valence-electron chi connectivity index (χ4n) is 1.52. The maximum Gasteiger partial charge on any atom is 0.230 e. The Morgan fingerprint density at radius 2 is 1.83 bits per heavy atom. The van der Waals surface area contributed by atoms with Crippen LogP contribution in [0.3, 0.4) is 0 Å². The molecule has 0 aromatic heterocycles. The van der Waals surface area contributed by atoms with Crippen molar-refractivity contribution in [3.8, 4) is 0 Å². The summed E-state index contributed by atoms with van der Waals surface area (Å²) in [6.07, 6.45) is 1.17. The van der Waals surface area contributed by atoms with E-state index < -0.39 is 5.92 Å². The van der Waals surface area contributed by atoms with Gasteiger partial charge in [-0.2, -0.15) is 0 Å². The molecule has 1 unspecified atom stereocenters. The molecule has 0 aliphatic rings. The zero-order valence-corrected chi connectivity index (χ0v) is 12.1. The van der Waals surface area contributed by atoms with Crippen LogP contribution in [0.5, 0.6) is 0 Å². The van der Waals surface area contributed by atoms with Gasteiger partial charge < -0.3 is 16.4 Å². The maximum atomic E-state index is 11.8. The third-order valence-electron chi connectivity index (χ3n) is 2.48. The molecule has 4 N–H and O–H groups in total. The molecule has 0 bridgehead atoms. The van der Waals surface area contributed by atoms with Gasteiger partial charge >= 0.3 is 0 Å². The van der Waals surface area contributed by atoms with Crippen molar-refractivity contribution in [1.82, 2.24) is 10.6 Å². The Labute approximate surface area is 114 Å². The molecule has 18 heavy (non-hydrogen) atoms. The van der Waals surface area contributed by atoms with Gasteiger partial charge in [0.2, 0.25) is 11.8 Å². The van der Waals surface area contributed by atoms with Gasteiger partial charge in [-0.3, -0.25) is 9.59 Å². The number of amides is 2. The molecular weight excluding hydrogens is 250 g/mol. The van der Waals surface area contributed by atoms with Gasteiger partial charge in [-0.15, -0.1) is 0 Å². The van der Waals surface area contributed by atoms with Crippen molar-refractivity contribution in [2.75, 3.05) is 13.1 Å². The van der Waals surface area contributed by atoms with E-state index in [-0.39, 0.29) is 29.1 Å². The Morgan fingerprint density at radius 1 is 1.22 bits per heavy atom. The maximum absolute atomic E-state index is 11.8. The Bertz CT molecular complexity index is 306. The van der Waals surface area contributed by atoms with Crippen molar-refractivity contribution in [3.05, 3.63) is 0 Å². The van der Waals surface area contributed by atoms with Crippen molar-refractivity contribution in [3.63, 3.8) is 0 Å². The number of carbonyl (C=O) groups is 2. The summed E-state index contributed by atoms with van der Waals surface area (Å²) in [4.78, 5) is 23.3. The highest BCUT2D eigenvalue weighted by molar-refractivity contribution is 7.80.